The molecule has 0 aliphatic rings. The molecule has 2 rings (SSSR count). The molecule has 106 valence electrons. The van der Waals surface area contributed by atoms with Crippen LogP contribution in [0.2, 0.25) is 0 Å². The highest BCUT2D eigenvalue weighted by Crippen LogP contribution is 2.11. The Morgan fingerprint density at radius 1 is 1.20 bits per heavy atom. The summed E-state index contributed by atoms with van der Waals surface area (Å²) in [6, 6.07) is 10.3. The van der Waals surface area contributed by atoms with Crippen LogP contribution in [0.5, 0.6) is 0 Å². The lowest BCUT2D eigenvalue weighted by molar-refractivity contribution is 0.735. The number of hydrogen-bond acceptors (Lipinski definition) is 4. The maximum absolute atomic E-state index is 5.79. The third-order valence-electron chi connectivity index (χ3n) is 3.19. The van der Waals surface area contributed by atoms with Crippen LogP contribution in [-0.4, -0.2) is 29.6 Å². The first-order valence-corrected chi connectivity index (χ1v) is 6.96. The molecule has 0 radical (unpaired) electrons. The second-order valence-corrected chi connectivity index (χ2v) is 5.20. The standard InChI is InChI=1S/C16H22N4/c1-13(17)11-14-6-7-16(19-12-14)20(2)10-8-15-5-3-4-9-18-15/h3-7,9,12-13H,8,10-11,17H2,1-2H3. The number of rotatable bonds is 6. The summed E-state index contributed by atoms with van der Waals surface area (Å²) in [6.45, 7) is 2.91. The molecular weight excluding hydrogens is 248 g/mol. The van der Waals surface area contributed by atoms with Gasteiger partial charge in [-0.2, -0.15) is 0 Å². The van der Waals surface area contributed by atoms with Gasteiger partial charge in [0.25, 0.3) is 0 Å². The van der Waals surface area contributed by atoms with Crippen LogP contribution in [0.15, 0.2) is 42.7 Å². The van der Waals surface area contributed by atoms with E-state index in [-0.39, 0.29) is 6.04 Å². The van der Waals surface area contributed by atoms with Crippen LogP contribution in [0, 0.1) is 0 Å². The van der Waals surface area contributed by atoms with E-state index in [2.05, 4.69) is 34.0 Å². The second-order valence-electron chi connectivity index (χ2n) is 5.20. The second kappa shape index (κ2) is 7.01. The zero-order valence-electron chi connectivity index (χ0n) is 12.2. The number of anilines is 1. The normalized spacial score (nSPS) is 12.2. The summed E-state index contributed by atoms with van der Waals surface area (Å²) >= 11 is 0. The molecule has 0 bridgehead atoms. The van der Waals surface area contributed by atoms with Gasteiger partial charge in [-0.3, -0.25) is 4.98 Å². The first-order valence-electron chi connectivity index (χ1n) is 6.96. The molecule has 0 aliphatic carbocycles. The smallest absolute Gasteiger partial charge is 0.128 e. The number of nitrogens with zero attached hydrogens (tertiary/aromatic N) is 3. The predicted octanol–water partition coefficient (Wildman–Crippen LogP) is 2.05. The fraction of sp³-hybridized carbons (Fsp3) is 0.375. The zero-order chi connectivity index (χ0) is 14.4. The van der Waals surface area contributed by atoms with Gasteiger partial charge in [-0.1, -0.05) is 12.1 Å². The van der Waals surface area contributed by atoms with Gasteiger partial charge in [0, 0.05) is 44.1 Å². The first-order chi connectivity index (χ1) is 9.65. The molecule has 2 N–H and O–H groups in total. The largest absolute Gasteiger partial charge is 0.359 e. The van der Waals surface area contributed by atoms with Crippen molar-refractivity contribution in [2.75, 3.05) is 18.5 Å². The summed E-state index contributed by atoms with van der Waals surface area (Å²) in [5, 5.41) is 0. The fourth-order valence-electron chi connectivity index (χ4n) is 2.08. The number of nitrogens with two attached hydrogens (primary N) is 1. The molecule has 0 saturated carbocycles. The van der Waals surface area contributed by atoms with Gasteiger partial charge in [-0.05, 0) is 37.1 Å². The van der Waals surface area contributed by atoms with Crippen LogP contribution in [0.4, 0.5) is 5.82 Å². The maximum atomic E-state index is 5.79. The third-order valence-corrected chi connectivity index (χ3v) is 3.19. The third kappa shape index (κ3) is 4.31. The molecule has 2 heterocycles. The van der Waals surface area contributed by atoms with Gasteiger partial charge in [0.05, 0.1) is 0 Å². The SMILES string of the molecule is CC(N)Cc1ccc(N(C)CCc2ccccn2)nc1. The number of hydrogen-bond donors (Lipinski definition) is 1. The van der Waals surface area contributed by atoms with Crippen molar-refractivity contribution in [3.63, 3.8) is 0 Å². The van der Waals surface area contributed by atoms with E-state index in [1.54, 1.807) is 0 Å². The van der Waals surface area contributed by atoms with E-state index >= 15 is 0 Å². The highest BCUT2D eigenvalue weighted by molar-refractivity contribution is 5.38. The van der Waals surface area contributed by atoms with Crippen LogP contribution in [0.1, 0.15) is 18.2 Å². The fourth-order valence-corrected chi connectivity index (χ4v) is 2.08. The van der Waals surface area contributed by atoms with E-state index in [1.807, 2.05) is 37.5 Å². The lowest BCUT2D eigenvalue weighted by Gasteiger charge is -2.18. The van der Waals surface area contributed by atoms with Crippen molar-refractivity contribution >= 4 is 5.82 Å². The molecule has 0 spiro atoms. The molecular formula is C16H22N4. The topological polar surface area (TPSA) is 55.0 Å². The summed E-state index contributed by atoms with van der Waals surface area (Å²) in [4.78, 5) is 11.0. The average molecular weight is 270 g/mol. The Labute approximate surface area is 120 Å². The summed E-state index contributed by atoms with van der Waals surface area (Å²) in [6.07, 6.45) is 5.53. The molecule has 0 aromatic carbocycles. The summed E-state index contributed by atoms with van der Waals surface area (Å²) in [7, 11) is 2.05. The molecule has 1 atom stereocenters. The Hall–Kier alpha value is -1.94. The highest BCUT2D eigenvalue weighted by Gasteiger charge is 2.04. The van der Waals surface area contributed by atoms with Gasteiger partial charge in [-0.15, -0.1) is 0 Å². The zero-order valence-corrected chi connectivity index (χ0v) is 12.2. The summed E-state index contributed by atoms with van der Waals surface area (Å²) in [5.74, 6) is 0.981. The van der Waals surface area contributed by atoms with E-state index in [0.717, 1.165) is 30.9 Å². The molecule has 0 saturated heterocycles. The lowest BCUT2D eigenvalue weighted by atomic mass is 10.1. The van der Waals surface area contributed by atoms with Gasteiger partial charge in [-0.25, -0.2) is 4.98 Å². The van der Waals surface area contributed by atoms with E-state index < -0.39 is 0 Å². The van der Waals surface area contributed by atoms with Crippen molar-refractivity contribution in [3.8, 4) is 0 Å². The lowest BCUT2D eigenvalue weighted by Crippen LogP contribution is -2.22. The Kier molecular flexibility index (Phi) is 5.07. The maximum Gasteiger partial charge on any atom is 0.128 e. The predicted molar refractivity (Wildman–Crippen MR) is 82.8 cm³/mol. The number of aromatic nitrogens is 2. The molecule has 0 amide bonds. The van der Waals surface area contributed by atoms with E-state index in [0.29, 0.717) is 0 Å². The monoisotopic (exact) mass is 270 g/mol. The number of likely N-dealkylation sites (N-methyl/N-ethyl adjacent to an activating group) is 1. The Bertz CT molecular complexity index is 508. The summed E-state index contributed by atoms with van der Waals surface area (Å²) < 4.78 is 0. The molecule has 1 unspecified atom stereocenters. The average Bonchev–Trinajstić information content (AvgIpc) is 2.46. The molecule has 2 aromatic heterocycles. The van der Waals surface area contributed by atoms with Crippen LogP contribution >= 0.6 is 0 Å². The van der Waals surface area contributed by atoms with Crippen molar-refractivity contribution in [1.82, 2.24) is 9.97 Å². The highest BCUT2D eigenvalue weighted by atomic mass is 15.2. The van der Waals surface area contributed by atoms with E-state index in [4.69, 9.17) is 5.73 Å². The molecule has 20 heavy (non-hydrogen) atoms. The van der Waals surface area contributed by atoms with Crippen LogP contribution in [0.25, 0.3) is 0 Å². The van der Waals surface area contributed by atoms with Crippen molar-refractivity contribution in [2.45, 2.75) is 25.8 Å². The van der Waals surface area contributed by atoms with Gasteiger partial charge in [0.15, 0.2) is 0 Å². The van der Waals surface area contributed by atoms with E-state index in [1.165, 1.54) is 5.56 Å². The van der Waals surface area contributed by atoms with Gasteiger partial charge < -0.3 is 10.6 Å². The van der Waals surface area contributed by atoms with Crippen LogP contribution < -0.4 is 10.6 Å². The first kappa shape index (κ1) is 14.5. The van der Waals surface area contributed by atoms with Crippen molar-refractivity contribution in [3.05, 3.63) is 54.0 Å². The van der Waals surface area contributed by atoms with Crippen LogP contribution in [0.3, 0.4) is 0 Å². The van der Waals surface area contributed by atoms with Crippen molar-refractivity contribution in [1.29, 1.82) is 0 Å². The van der Waals surface area contributed by atoms with Gasteiger partial charge in [0.2, 0.25) is 0 Å². The minimum Gasteiger partial charge on any atom is -0.359 e. The van der Waals surface area contributed by atoms with Crippen LogP contribution in [-0.2, 0) is 12.8 Å². The molecule has 4 heteroatoms. The molecule has 0 aliphatic heterocycles. The Morgan fingerprint density at radius 3 is 2.65 bits per heavy atom. The Balaban J connectivity index is 1.90. The molecule has 2 aromatic rings. The van der Waals surface area contributed by atoms with E-state index in [9.17, 15) is 0 Å². The molecule has 4 nitrogen and oxygen atoms in total. The minimum atomic E-state index is 0.171. The molecule has 0 fully saturated rings. The summed E-state index contributed by atoms with van der Waals surface area (Å²) in [5.41, 5.74) is 8.08. The van der Waals surface area contributed by atoms with Gasteiger partial charge in [0.1, 0.15) is 5.82 Å². The number of pyridine rings is 2. The minimum absolute atomic E-state index is 0.171. The Morgan fingerprint density at radius 2 is 2.05 bits per heavy atom. The van der Waals surface area contributed by atoms with Crippen molar-refractivity contribution < 1.29 is 0 Å². The quantitative estimate of drug-likeness (QED) is 0.873. The van der Waals surface area contributed by atoms with Crippen molar-refractivity contribution in [2.24, 2.45) is 5.73 Å². The van der Waals surface area contributed by atoms with Gasteiger partial charge >= 0.3 is 0 Å².